The molecular formula is C13H17IN2O. The summed E-state index contributed by atoms with van der Waals surface area (Å²) >= 11 is 2.31. The average molecular weight is 344 g/mol. The van der Waals surface area contributed by atoms with Crippen molar-refractivity contribution >= 4 is 34.2 Å². The predicted molar refractivity (Wildman–Crippen MR) is 78.2 cm³/mol. The zero-order chi connectivity index (χ0) is 12.3. The van der Waals surface area contributed by atoms with E-state index in [2.05, 4.69) is 51.8 Å². The van der Waals surface area contributed by atoms with Gasteiger partial charge in [0, 0.05) is 41.9 Å². The van der Waals surface area contributed by atoms with Crippen LogP contribution >= 0.6 is 22.6 Å². The molecule has 1 aliphatic heterocycles. The molecule has 0 aromatic heterocycles. The summed E-state index contributed by atoms with van der Waals surface area (Å²) in [5, 5.41) is 0. The van der Waals surface area contributed by atoms with Crippen LogP contribution in [0.4, 0.5) is 5.69 Å². The van der Waals surface area contributed by atoms with E-state index in [-0.39, 0.29) is 5.91 Å². The Hall–Kier alpha value is -0.780. The van der Waals surface area contributed by atoms with Crippen molar-refractivity contribution in [3.63, 3.8) is 0 Å². The maximum atomic E-state index is 11.6. The van der Waals surface area contributed by atoms with Crippen LogP contribution < -0.4 is 4.90 Å². The summed E-state index contributed by atoms with van der Waals surface area (Å²) in [5.41, 5.74) is 1.26. The lowest BCUT2D eigenvalue weighted by atomic mass is 10.2. The normalized spacial score (nSPS) is 16.1. The third-order valence-electron chi connectivity index (χ3n) is 3.13. The van der Waals surface area contributed by atoms with Gasteiger partial charge in [0.2, 0.25) is 5.91 Å². The Morgan fingerprint density at radius 1 is 1.18 bits per heavy atom. The molecule has 3 nitrogen and oxygen atoms in total. The van der Waals surface area contributed by atoms with Crippen LogP contribution in [0.1, 0.15) is 13.3 Å². The maximum Gasteiger partial charge on any atom is 0.222 e. The third-order valence-corrected chi connectivity index (χ3v) is 3.85. The van der Waals surface area contributed by atoms with Crippen molar-refractivity contribution in [2.75, 3.05) is 31.1 Å². The smallest absolute Gasteiger partial charge is 0.222 e. The number of anilines is 1. The molecule has 1 amide bonds. The zero-order valence-electron chi connectivity index (χ0n) is 10.0. The first kappa shape index (κ1) is 12.7. The highest BCUT2D eigenvalue weighted by atomic mass is 127. The van der Waals surface area contributed by atoms with Gasteiger partial charge in [0.1, 0.15) is 0 Å². The minimum Gasteiger partial charge on any atom is -0.368 e. The topological polar surface area (TPSA) is 23.6 Å². The highest BCUT2D eigenvalue weighted by molar-refractivity contribution is 14.1. The van der Waals surface area contributed by atoms with E-state index in [1.807, 2.05) is 11.8 Å². The van der Waals surface area contributed by atoms with E-state index in [0.717, 1.165) is 26.2 Å². The van der Waals surface area contributed by atoms with Crippen molar-refractivity contribution in [2.45, 2.75) is 13.3 Å². The van der Waals surface area contributed by atoms with Crippen LogP contribution in [-0.4, -0.2) is 37.0 Å². The summed E-state index contributed by atoms with van der Waals surface area (Å²) in [6.07, 6.45) is 0.615. The molecule has 0 N–H and O–H groups in total. The highest BCUT2D eigenvalue weighted by Crippen LogP contribution is 2.18. The van der Waals surface area contributed by atoms with Crippen molar-refractivity contribution in [1.29, 1.82) is 0 Å². The van der Waals surface area contributed by atoms with Gasteiger partial charge in [0.15, 0.2) is 0 Å². The lowest BCUT2D eigenvalue weighted by Gasteiger charge is -2.36. The molecule has 0 radical (unpaired) electrons. The quantitative estimate of drug-likeness (QED) is 0.769. The van der Waals surface area contributed by atoms with E-state index >= 15 is 0 Å². The van der Waals surface area contributed by atoms with E-state index in [1.165, 1.54) is 9.26 Å². The summed E-state index contributed by atoms with van der Waals surface area (Å²) in [5.74, 6) is 0.271. The highest BCUT2D eigenvalue weighted by Gasteiger charge is 2.19. The molecule has 2 rings (SSSR count). The first-order valence-corrected chi connectivity index (χ1v) is 7.07. The van der Waals surface area contributed by atoms with Crippen LogP contribution in [0.2, 0.25) is 0 Å². The number of carbonyl (C=O) groups excluding carboxylic acids is 1. The van der Waals surface area contributed by atoms with Crippen molar-refractivity contribution in [1.82, 2.24) is 4.90 Å². The standard InChI is InChI=1S/C13H17IN2O/c1-2-13(17)16-9-7-15(8-10-16)12-5-3-11(14)4-6-12/h3-6H,2,7-10H2,1H3. The molecular weight excluding hydrogens is 327 g/mol. The van der Waals surface area contributed by atoms with Crippen LogP contribution in [0.15, 0.2) is 24.3 Å². The molecule has 1 saturated heterocycles. The first-order valence-electron chi connectivity index (χ1n) is 5.99. The third kappa shape index (κ3) is 3.12. The number of nitrogens with zero attached hydrogens (tertiary/aromatic N) is 2. The molecule has 0 atom stereocenters. The van der Waals surface area contributed by atoms with Crippen molar-refractivity contribution in [3.8, 4) is 0 Å². The van der Waals surface area contributed by atoms with Gasteiger partial charge >= 0.3 is 0 Å². The SMILES string of the molecule is CCC(=O)N1CCN(c2ccc(I)cc2)CC1. The maximum absolute atomic E-state index is 11.6. The fraction of sp³-hybridized carbons (Fsp3) is 0.462. The molecule has 1 heterocycles. The van der Waals surface area contributed by atoms with E-state index in [0.29, 0.717) is 6.42 Å². The Morgan fingerprint density at radius 3 is 2.29 bits per heavy atom. The fourth-order valence-electron chi connectivity index (χ4n) is 2.09. The van der Waals surface area contributed by atoms with Gasteiger partial charge < -0.3 is 9.80 Å². The number of halogens is 1. The lowest BCUT2D eigenvalue weighted by Crippen LogP contribution is -2.48. The molecule has 4 heteroatoms. The Balaban J connectivity index is 1.95. The average Bonchev–Trinajstić information content (AvgIpc) is 2.39. The molecule has 0 spiro atoms. The molecule has 1 aliphatic rings. The summed E-state index contributed by atoms with van der Waals surface area (Å²) in [4.78, 5) is 15.9. The summed E-state index contributed by atoms with van der Waals surface area (Å²) < 4.78 is 1.26. The summed E-state index contributed by atoms with van der Waals surface area (Å²) in [7, 11) is 0. The number of hydrogen-bond acceptors (Lipinski definition) is 2. The molecule has 0 aliphatic carbocycles. The van der Waals surface area contributed by atoms with Gasteiger partial charge in [-0.15, -0.1) is 0 Å². The Kier molecular flexibility index (Phi) is 4.25. The number of benzene rings is 1. The predicted octanol–water partition coefficient (Wildman–Crippen LogP) is 2.35. The molecule has 0 unspecified atom stereocenters. The van der Waals surface area contributed by atoms with Crippen LogP contribution in [-0.2, 0) is 4.79 Å². The van der Waals surface area contributed by atoms with E-state index < -0.39 is 0 Å². The first-order chi connectivity index (χ1) is 8.20. The van der Waals surface area contributed by atoms with Gasteiger partial charge in [0.05, 0.1) is 0 Å². The molecule has 1 aromatic rings. The minimum absolute atomic E-state index is 0.271. The largest absolute Gasteiger partial charge is 0.368 e. The van der Waals surface area contributed by atoms with Crippen LogP contribution in [0.25, 0.3) is 0 Å². The second-order valence-corrected chi connectivity index (χ2v) is 5.44. The van der Waals surface area contributed by atoms with Gasteiger partial charge in [-0.25, -0.2) is 0 Å². The van der Waals surface area contributed by atoms with Gasteiger partial charge in [0.25, 0.3) is 0 Å². The van der Waals surface area contributed by atoms with Gasteiger partial charge in [-0.3, -0.25) is 4.79 Å². The van der Waals surface area contributed by atoms with E-state index in [4.69, 9.17) is 0 Å². The van der Waals surface area contributed by atoms with Crippen molar-refractivity contribution < 1.29 is 4.79 Å². The zero-order valence-corrected chi connectivity index (χ0v) is 12.2. The summed E-state index contributed by atoms with van der Waals surface area (Å²) in [6, 6.07) is 8.55. The number of hydrogen-bond donors (Lipinski definition) is 0. The van der Waals surface area contributed by atoms with Crippen LogP contribution in [0, 0.1) is 3.57 Å². The van der Waals surface area contributed by atoms with Crippen LogP contribution in [0.5, 0.6) is 0 Å². The number of amides is 1. The molecule has 1 fully saturated rings. The fourth-order valence-corrected chi connectivity index (χ4v) is 2.45. The van der Waals surface area contributed by atoms with E-state index in [1.54, 1.807) is 0 Å². The van der Waals surface area contributed by atoms with Gasteiger partial charge in [-0.05, 0) is 46.9 Å². The Bertz CT molecular complexity index is 383. The van der Waals surface area contributed by atoms with Gasteiger partial charge in [-0.1, -0.05) is 6.92 Å². The van der Waals surface area contributed by atoms with Crippen molar-refractivity contribution in [3.05, 3.63) is 27.8 Å². The van der Waals surface area contributed by atoms with E-state index in [9.17, 15) is 4.79 Å². The number of rotatable bonds is 2. The summed E-state index contributed by atoms with van der Waals surface area (Å²) in [6.45, 7) is 5.49. The molecule has 0 bridgehead atoms. The molecule has 92 valence electrons. The minimum atomic E-state index is 0.271. The number of piperazine rings is 1. The monoisotopic (exact) mass is 344 g/mol. The molecule has 0 saturated carbocycles. The Morgan fingerprint density at radius 2 is 1.76 bits per heavy atom. The molecule has 17 heavy (non-hydrogen) atoms. The van der Waals surface area contributed by atoms with Crippen LogP contribution in [0.3, 0.4) is 0 Å². The lowest BCUT2D eigenvalue weighted by molar-refractivity contribution is -0.131. The number of carbonyl (C=O) groups is 1. The van der Waals surface area contributed by atoms with Crippen molar-refractivity contribution in [2.24, 2.45) is 0 Å². The van der Waals surface area contributed by atoms with Gasteiger partial charge in [-0.2, -0.15) is 0 Å². The second-order valence-electron chi connectivity index (χ2n) is 4.20. The molecule has 1 aromatic carbocycles. The Labute approximate surface area is 116 Å². The second kappa shape index (κ2) is 5.71.